The molecular formula is C14H26N2O4. The van der Waals surface area contributed by atoms with E-state index in [0.29, 0.717) is 25.4 Å². The quantitative estimate of drug-likeness (QED) is 0.741. The normalized spacial score (nSPS) is 21.4. The van der Waals surface area contributed by atoms with Crippen LogP contribution in [0.1, 0.15) is 39.5 Å². The lowest BCUT2D eigenvalue weighted by molar-refractivity contribution is -0.137. The number of urea groups is 1. The molecule has 20 heavy (non-hydrogen) atoms. The van der Waals surface area contributed by atoms with Crippen molar-refractivity contribution in [3.05, 3.63) is 0 Å². The number of carbonyl (C=O) groups is 2. The van der Waals surface area contributed by atoms with Gasteiger partial charge in [0.1, 0.15) is 0 Å². The molecule has 6 heteroatoms. The third kappa shape index (κ3) is 5.00. The molecule has 2 amide bonds. The Morgan fingerprint density at radius 3 is 2.35 bits per heavy atom. The van der Waals surface area contributed by atoms with Crippen LogP contribution < -0.4 is 0 Å². The molecule has 0 spiro atoms. The Hall–Kier alpha value is -1.30. The van der Waals surface area contributed by atoms with Gasteiger partial charge in [0.2, 0.25) is 0 Å². The third-order valence-electron chi connectivity index (χ3n) is 3.73. The molecule has 1 fully saturated rings. The fourth-order valence-corrected chi connectivity index (χ4v) is 2.51. The van der Waals surface area contributed by atoms with Crippen LogP contribution in [0.25, 0.3) is 0 Å². The van der Waals surface area contributed by atoms with Crippen LogP contribution >= 0.6 is 0 Å². The number of aliphatic hydroxyl groups is 1. The van der Waals surface area contributed by atoms with Crippen molar-refractivity contribution in [1.29, 1.82) is 0 Å². The molecule has 0 radical (unpaired) electrons. The smallest absolute Gasteiger partial charge is 0.319 e. The van der Waals surface area contributed by atoms with Crippen molar-refractivity contribution in [2.45, 2.75) is 51.7 Å². The molecule has 0 aromatic rings. The monoisotopic (exact) mass is 286 g/mol. The summed E-state index contributed by atoms with van der Waals surface area (Å²) in [5.74, 6) is -0.454. The Kier molecular flexibility index (Phi) is 6.26. The molecule has 1 aliphatic carbocycles. The minimum Gasteiger partial charge on any atom is -0.481 e. The van der Waals surface area contributed by atoms with Crippen molar-refractivity contribution in [3.63, 3.8) is 0 Å². The molecular weight excluding hydrogens is 260 g/mol. The molecule has 6 nitrogen and oxygen atoms in total. The number of aliphatic hydroxyl groups excluding tert-OH is 1. The van der Waals surface area contributed by atoms with Crippen molar-refractivity contribution in [1.82, 2.24) is 9.80 Å². The lowest BCUT2D eigenvalue weighted by Gasteiger charge is -2.37. The van der Waals surface area contributed by atoms with E-state index in [0.717, 1.165) is 12.8 Å². The number of nitrogens with zero attached hydrogens (tertiary/aromatic N) is 2. The van der Waals surface area contributed by atoms with Crippen molar-refractivity contribution < 1.29 is 19.8 Å². The van der Waals surface area contributed by atoms with E-state index in [9.17, 15) is 14.7 Å². The van der Waals surface area contributed by atoms with E-state index in [4.69, 9.17) is 5.11 Å². The molecule has 1 saturated carbocycles. The summed E-state index contributed by atoms with van der Waals surface area (Å²) in [7, 11) is 1.76. The number of carboxylic acids is 1. The molecule has 0 heterocycles. The minimum absolute atomic E-state index is 0.0470. The Morgan fingerprint density at radius 2 is 1.90 bits per heavy atom. The maximum atomic E-state index is 12.4. The SMILES string of the molecule is CC(C)N(CCCC(=O)O)C(=O)N(C)CC1CC(O)C1. The number of hydrogen-bond acceptors (Lipinski definition) is 3. The van der Waals surface area contributed by atoms with E-state index in [1.165, 1.54) is 0 Å². The fourth-order valence-electron chi connectivity index (χ4n) is 2.51. The van der Waals surface area contributed by atoms with Gasteiger partial charge < -0.3 is 20.0 Å². The number of carboxylic acid groups (broad SMARTS) is 1. The van der Waals surface area contributed by atoms with E-state index in [1.807, 2.05) is 13.8 Å². The van der Waals surface area contributed by atoms with Gasteiger partial charge in [0, 0.05) is 32.6 Å². The number of rotatable bonds is 7. The van der Waals surface area contributed by atoms with Gasteiger partial charge in [0.05, 0.1) is 6.10 Å². The Morgan fingerprint density at radius 1 is 1.30 bits per heavy atom. The van der Waals surface area contributed by atoms with Crippen LogP contribution in [0, 0.1) is 5.92 Å². The second-order valence-corrected chi connectivity index (χ2v) is 5.94. The van der Waals surface area contributed by atoms with Crippen molar-refractivity contribution >= 4 is 12.0 Å². The van der Waals surface area contributed by atoms with Crippen LogP contribution in [0.15, 0.2) is 0 Å². The molecule has 0 saturated heterocycles. The maximum Gasteiger partial charge on any atom is 0.319 e. The second-order valence-electron chi connectivity index (χ2n) is 5.94. The molecule has 0 aliphatic heterocycles. The predicted molar refractivity (Wildman–Crippen MR) is 75.5 cm³/mol. The molecule has 0 unspecified atom stereocenters. The van der Waals surface area contributed by atoms with E-state index in [2.05, 4.69) is 0 Å². The molecule has 1 rings (SSSR count). The van der Waals surface area contributed by atoms with Crippen LogP contribution in [0.2, 0.25) is 0 Å². The van der Waals surface area contributed by atoms with E-state index >= 15 is 0 Å². The molecule has 1 aliphatic rings. The zero-order valence-electron chi connectivity index (χ0n) is 12.6. The van der Waals surface area contributed by atoms with Gasteiger partial charge in [0.25, 0.3) is 0 Å². The summed E-state index contributed by atoms with van der Waals surface area (Å²) in [6, 6.07) is -0.0162. The Labute approximate surface area is 120 Å². The number of aliphatic carboxylic acids is 1. The van der Waals surface area contributed by atoms with Gasteiger partial charge in [-0.3, -0.25) is 4.79 Å². The summed E-state index contributed by atoms with van der Waals surface area (Å²) < 4.78 is 0. The van der Waals surface area contributed by atoms with E-state index in [1.54, 1.807) is 16.8 Å². The van der Waals surface area contributed by atoms with Crippen LogP contribution in [0.3, 0.4) is 0 Å². The summed E-state index contributed by atoms with van der Waals surface area (Å²) in [4.78, 5) is 26.3. The van der Waals surface area contributed by atoms with Gasteiger partial charge >= 0.3 is 12.0 Å². The van der Waals surface area contributed by atoms with E-state index < -0.39 is 5.97 Å². The van der Waals surface area contributed by atoms with Gasteiger partial charge in [-0.05, 0) is 39.0 Å². The topological polar surface area (TPSA) is 81.1 Å². The minimum atomic E-state index is -0.835. The number of hydrogen-bond donors (Lipinski definition) is 2. The molecule has 116 valence electrons. The molecule has 0 bridgehead atoms. The zero-order valence-corrected chi connectivity index (χ0v) is 12.6. The van der Waals surface area contributed by atoms with Gasteiger partial charge in [-0.1, -0.05) is 0 Å². The van der Waals surface area contributed by atoms with Gasteiger partial charge in [0.15, 0.2) is 0 Å². The van der Waals surface area contributed by atoms with Crippen molar-refractivity contribution in [3.8, 4) is 0 Å². The molecule has 2 N–H and O–H groups in total. The largest absolute Gasteiger partial charge is 0.481 e. The summed E-state index contributed by atoms with van der Waals surface area (Å²) in [5.41, 5.74) is 0. The van der Waals surface area contributed by atoms with Crippen LogP contribution in [-0.2, 0) is 4.79 Å². The first-order chi connectivity index (χ1) is 9.31. The number of carbonyl (C=O) groups excluding carboxylic acids is 1. The third-order valence-corrected chi connectivity index (χ3v) is 3.73. The van der Waals surface area contributed by atoms with Crippen molar-refractivity contribution in [2.24, 2.45) is 5.92 Å². The van der Waals surface area contributed by atoms with Crippen LogP contribution in [-0.4, -0.2) is 64.3 Å². The Bertz CT molecular complexity index is 340. The molecule has 0 atom stereocenters. The first-order valence-corrected chi connectivity index (χ1v) is 7.22. The summed E-state index contributed by atoms with van der Waals surface area (Å²) in [5, 5.41) is 17.9. The highest BCUT2D eigenvalue weighted by molar-refractivity contribution is 5.74. The first-order valence-electron chi connectivity index (χ1n) is 7.22. The second kappa shape index (κ2) is 7.47. The van der Waals surface area contributed by atoms with Gasteiger partial charge in [-0.25, -0.2) is 4.79 Å². The Balaban J connectivity index is 2.43. The maximum absolute atomic E-state index is 12.4. The van der Waals surface area contributed by atoms with Gasteiger partial charge in [-0.15, -0.1) is 0 Å². The van der Waals surface area contributed by atoms with Crippen LogP contribution in [0.4, 0.5) is 4.79 Å². The summed E-state index contributed by atoms with van der Waals surface area (Å²) >= 11 is 0. The molecule has 0 aromatic heterocycles. The van der Waals surface area contributed by atoms with Crippen LogP contribution in [0.5, 0.6) is 0 Å². The van der Waals surface area contributed by atoms with Crippen molar-refractivity contribution in [2.75, 3.05) is 20.1 Å². The standard InChI is InChI=1S/C14H26N2O4/c1-10(2)16(6-4-5-13(18)19)14(20)15(3)9-11-7-12(17)8-11/h10-12,17H,4-9H2,1-3H3,(H,18,19). The first kappa shape index (κ1) is 16.8. The fraction of sp³-hybridized carbons (Fsp3) is 0.857. The predicted octanol–water partition coefficient (Wildman–Crippen LogP) is 1.38. The summed E-state index contributed by atoms with van der Waals surface area (Å²) in [6.45, 7) is 4.97. The number of amides is 2. The average molecular weight is 286 g/mol. The van der Waals surface area contributed by atoms with Gasteiger partial charge in [-0.2, -0.15) is 0 Å². The summed E-state index contributed by atoms with van der Waals surface area (Å²) in [6.07, 6.45) is 1.86. The lowest BCUT2D eigenvalue weighted by Crippen LogP contribution is -2.48. The lowest BCUT2D eigenvalue weighted by atomic mass is 9.82. The average Bonchev–Trinajstić information content (AvgIpc) is 2.31. The highest BCUT2D eigenvalue weighted by Gasteiger charge is 2.30. The highest BCUT2D eigenvalue weighted by atomic mass is 16.4. The zero-order chi connectivity index (χ0) is 15.3. The molecule has 0 aromatic carbocycles. The van der Waals surface area contributed by atoms with E-state index in [-0.39, 0.29) is 24.6 Å². The highest BCUT2D eigenvalue weighted by Crippen LogP contribution is 2.27.